The number of carbonyl (C=O) groups excluding carboxylic acids is 2. The van der Waals surface area contributed by atoms with Gasteiger partial charge < -0.3 is 9.32 Å². The van der Waals surface area contributed by atoms with Crippen LogP contribution >= 0.6 is 0 Å². The van der Waals surface area contributed by atoms with Crippen LogP contribution < -0.4 is 4.90 Å². The zero-order valence-electron chi connectivity index (χ0n) is 21.1. The fourth-order valence-corrected chi connectivity index (χ4v) is 4.74. The molecule has 1 heterocycles. The molecule has 1 aliphatic rings. The second kappa shape index (κ2) is 9.49. The summed E-state index contributed by atoms with van der Waals surface area (Å²) in [6, 6.07) is 35.6. The van der Waals surface area contributed by atoms with E-state index >= 15 is 0 Å². The van der Waals surface area contributed by atoms with Gasteiger partial charge in [0.2, 0.25) is 0 Å². The molecule has 0 N–H and O–H groups in total. The topological polar surface area (TPSA) is 50.5 Å². The number of Topliss-reactive ketones (excluding diaryl/α,β-unsaturated/α-hetero) is 2. The lowest BCUT2D eigenvalue weighted by Crippen LogP contribution is -2.09. The lowest BCUT2D eigenvalue weighted by Gasteiger charge is -2.26. The van der Waals surface area contributed by atoms with Crippen LogP contribution in [0, 0.1) is 13.8 Å². The van der Waals surface area contributed by atoms with E-state index in [-0.39, 0.29) is 17.1 Å². The van der Waals surface area contributed by atoms with Crippen molar-refractivity contribution in [3.8, 4) is 11.3 Å². The Kier molecular flexibility index (Phi) is 5.85. The van der Waals surface area contributed by atoms with E-state index in [9.17, 15) is 9.59 Å². The summed E-state index contributed by atoms with van der Waals surface area (Å²) in [4.78, 5) is 27.7. The fourth-order valence-electron chi connectivity index (χ4n) is 4.74. The number of hydrogen-bond donors (Lipinski definition) is 0. The first-order valence-electron chi connectivity index (χ1n) is 12.5. The Morgan fingerprint density at radius 1 is 0.579 bits per heavy atom. The molecule has 1 aromatic heterocycles. The molecule has 4 heteroatoms. The van der Waals surface area contributed by atoms with Crippen LogP contribution in [0.2, 0.25) is 0 Å². The van der Waals surface area contributed by atoms with Crippen LogP contribution in [-0.2, 0) is 0 Å². The molecule has 38 heavy (non-hydrogen) atoms. The summed E-state index contributed by atoms with van der Waals surface area (Å²) in [7, 11) is 0. The van der Waals surface area contributed by atoms with Crippen molar-refractivity contribution in [2.45, 2.75) is 13.8 Å². The highest BCUT2D eigenvalue weighted by molar-refractivity contribution is 6.41. The summed E-state index contributed by atoms with van der Waals surface area (Å²) < 4.78 is 6.03. The summed E-state index contributed by atoms with van der Waals surface area (Å²) in [5, 5.41) is 0. The molecule has 0 bridgehead atoms. The lowest BCUT2D eigenvalue weighted by atomic mass is 10.1. The van der Waals surface area contributed by atoms with Crippen molar-refractivity contribution >= 4 is 34.7 Å². The summed E-state index contributed by atoms with van der Waals surface area (Å²) in [5.41, 5.74) is 7.51. The van der Waals surface area contributed by atoms with Crippen LogP contribution in [0.25, 0.3) is 17.4 Å². The van der Waals surface area contributed by atoms with E-state index in [1.807, 2.05) is 18.2 Å². The number of fused-ring (bicyclic) bond motifs is 1. The number of rotatable bonds is 5. The number of anilines is 3. The molecule has 0 saturated carbocycles. The standard InChI is InChI=1S/C34H25NO3/c1-22-7-13-25(14-8-22)35(26-15-9-23(2)10-16-26)27-17-11-24(12-18-27)32-20-19-28(38-32)21-31-33(36)29-5-3-4-6-30(29)34(31)37/h3-21H,1-2H3. The molecule has 0 radical (unpaired) electrons. The minimum atomic E-state index is -0.264. The van der Waals surface area contributed by atoms with Gasteiger partial charge in [-0.25, -0.2) is 0 Å². The number of nitrogens with zero attached hydrogens (tertiary/aromatic N) is 1. The Morgan fingerprint density at radius 2 is 1.05 bits per heavy atom. The van der Waals surface area contributed by atoms with Crippen molar-refractivity contribution in [1.82, 2.24) is 0 Å². The molecule has 0 amide bonds. The lowest BCUT2D eigenvalue weighted by molar-refractivity contribution is 0.0990. The zero-order chi connectivity index (χ0) is 26.2. The summed E-state index contributed by atoms with van der Waals surface area (Å²) >= 11 is 0. The van der Waals surface area contributed by atoms with E-state index in [4.69, 9.17) is 4.42 Å². The van der Waals surface area contributed by atoms with Gasteiger partial charge in [-0.2, -0.15) is 0 Å². The number of hydrogen-bond acceptors (Lipinski definition) is 4. The Morgan fingerprint density at radius 3 is 1.55 bits per heavy atom. The Labute approximate surface area is 221 Å². The first-order chi connectivity index (χ1) is 18.5. The van der Waals surface area contributed by atoms with Crippen molar-refractivity contribution in [1.29, 1.82) is 0 Å². The normalized spacial score (nSPS) is 12.5. The maximum absolute atomic E-state index is 12.7. The van der Waals surface area contributed by atoms with Crippen LogP contribution in [-0.4, -0.2) is 11.6 Å². The van der Waals surface area contributed by atoms with Crippen LogP contribution in [0.15, 0.2) is 119 Å². The average molecular weight is 496 g/mol. The third kappa shape index (κ3) is 4.27. The van der Waals surface area contributed by atoms with E-state index in [1.165, 1.54) is 11.1 Å². The quantitative estimate of drug-likeness (QED) is 0.181. The Bertz CT molecular complexity index is 1610. The predicted molar refractivity (Wildman–Crippen MR) is 151 cm³/mol. The molecule has 0 atom stereocenters. The van der Waals surface area contributed by atoms with E-state index in [1.54, 1.807) is 36.4 Å². The molecule has 6 rings (SSSR count). The molecule has 5 aromatic rings. The van der Waals surface area contributed by atoms with Crippen LogP contribution in [0.5, 0.6) is 0 Å². The van der Waals surface area contributed by atoms with Gasteiger partial charge in [0.25, 0.3) is 0 Å². The van der Waals surface area contributed by atoms with Crippen molar-refractivity contribution in [3.63, 3.8) is 0 Å². The van der Waals surface area contributed by atoms with Gasteiger partial charge in [-0.05, 0) is 80.6 Å². The Balaban J connectivity index is 1.30. The second-order valence-corrected chi connectivity index (χ2v) is 9.52. The van der Waals surface area contributed by atoms with Crippen molar-refractivity contribution in [3.05, 3.63) is 143 Å². The minimum Gasteiger partial charge on any atom is -0.457 e. The highest BCUT2D eigenvalue weighted by Gasteiger charge is 2.32. The molecule has 0 fully saturated rings. The number of allylic oxidation sites excluding steroid dienone is 1. The van der Waals surface area contributed by atoms with Gasteiger partial charge in [-0.15, -0.1) is 0 Å². The molecular weight excluding hydrogens is 470 g/mol. The van der Waals surface area contributed by atoms with Gasteiger partial charge in [0, 0.05) is 33.8 Å². The van der Waals surface area contributed by atoms with Crippen molar-refractivity contribution in [2.24, 2.45) is 0 Å². The van der Waals surface area contributed by atoms with E-state index in [0.717, 1.165) is 22.6 Å². The number of benzene rings is 4. The maximum atomic E-state index is 12.7. The summed E-state index contributed by atoms with van der Waals surface area (Å²) in [6.07, 6.45) is 1.54. The van der Waals surface area contributed by atoms with Crippen LogP contribution in [0.3, 0.4) is 0 Å². The number of carbonyl (C=O) groups is 2. The molecular formula is C34H25NO3. The molecule has 4 nitrogen and oxygen atoms in total. The average Bonchev–Trinajstić information content (AvgIpc) is 3.51. The van der Waals surface area contributed by atoms with Crippen molar-refractivity contribution < 1.29 is 14.0 Å². The first-order valence-corrected chi connectivity index (χ1v) is 12.5. The van der Waals surface area contributed by atoms with Gasteiger partial charge >= 0.3 is 0 Å². The molecule has 0 spiro atoms. The van der Waals surface area contributed by atoms with Gasteiger partial charge in [0.15, 0.2) is 11.6 Å². The summed E-state index contributed by atoms with van der Waals surface area (Å²) in [6.45, 7) is 4.17. The third-order valence-corrected chi connectivity index (χ3v) is 6.81. The molecule has 0 aliphatic heterocycles. The van der Waals surface area contributed by atoms with Gasteiger partial charge in [0.1, 0.15) is 11.5 Å². The maximum Gasteiger partial charge on any atom is 0.197 e. The number of furan rings is 1. The molecule has 4 aromatic carbocycles. The van der Waals surface area contributed by atoms with Crippen molar-refractivity contribution in [2.75, 3.05) is 4.90 Å². The third-order valence-electron chi connectivity index (χ3n) is 6.81. The highest BCUT2D eigenvalue weighted by atomic mass is 16.3. The monoisotopic (exact) mass is 495 g/mol. The summed E-state index contributed by atoms with van der Waals surface area (Å²) in [5.74, 6) is 0.603. The van der Waals surface area contributed by atoms with E-state index in [0.29, 0.717) is 22.6 Å². The largest absolute Gasteiger partial charge is 0.457 e. The number of ketones is 2. The fraction of sp³-hybridized carbons (Fsp3) is 0.0588. The highest BCUT2D eigenvalue weighted by Crippen LogP contribution is 2.36. The predicted octanol–water partition coefficient (Wildman–Crippen LogP) is 8.50. The van der Waals surface area contributed by atoms with Gasteiger partial charge in [-0.3, -0.25) is 9.59 Å². The molecule has 0 unspecified atom stereocenters. The zero-order valence-corrected chi connectivity index (χ0v) is 21.1. The smallest absolute Gasteiger partial charge is 0.197 e. The van der Waals surface area contributed by atoms with Crippen LogP contribution in [0.1, 0.15) is 37.6 Å². The van der Waals surface area contributed by atoms with E-state index < -0.39 is 0 Å². The van der Waals surface area contributed by atoms with Crippen LogP contribution in [0.4, 0.5) is 17.1 Å². The van der Waals surface area contributed by atoms with Gasteiger partial charge in [-0.1, -0.05) is 59.7 Å². The van der Waals surface area contributed by atoms with Gasteiger partial charge in [0.05, 0.1) is 5.57 Å². The number of aryl methyl sites for hydroxylation is 2. The first kappa shape index (κ1) is 23.4. The van der Waals surface area contributed by atoms with E-state index in [2.05, 4.69) is 79.4 Å². The second-order valence-electron chi connectivity index (χ2n) is 9.52. The minimum absolute atomic E-state index is 0.134. The molecule has 1 aliphatic carbocycles. The molecule has 0 saturated heterocycles. The Hall–Kier alpha value is -4.96. The SMILES string of the molecule is Cc1ccc(N(c2ccc(C)cc2)c2ccc(-c3ccc(C=C4C(=O)c5ccccc5C4=O)o3)cc2)cc1. The molecule has 184 valence electrons.